The number of rotatable bonds is 4. The number of hydrogen-bond donors (Lipinski definition) is 2. The molecule has 0 spiro atoms. The van der Waals surface area contributed by atoms with Gasteiger partial charge in [0.15, 0.2) is 0 Å². The molecule has 0 aromatic heterocycles. The molecule has 0 saturated heterocycles. The summed E-state index contributed by atoms with van der Waals surface area (Å²) in [6.07, 6.45) is 5.97. The zero-order valence-electron chi connectivity index (χ0n) is 10.9. The van der Waals surface area contributed by atoms with E-state index in [9.17, 15) is 5.11 Å². The van der Waals surface area contributed by atoms with Gasteiger partial charge in [0.1, 0.15) is 0 Å². The number of aliphatic hydroxyl groups is 1. The van der Waals surface area contributed by atoms with Crippen LogP contribution >= 0.6 is 11.6 Å². The van der Waals surface area contributed by atoms with E-state index in [4.69, 9.17) is 11.6 Å². The van der Waals surface area contributed by atoms with Gasteiger partial charge in [0, 0.05) is 17.1 Å². The van der Waals surface area contributed by atoms with Crippen LogP contribution in [-0.4, -0.2) is 17.2 Å². The van der Waals surface area contributed by atoms with Gasteiger partial charge in [-0.25, -0.2) is 0 Å². The Morgan fingerprint density at radius 1 is 1.17 bits per heavy atom. The van der Waals surface area contributed by atoms with Crippen molar-refractivity contribution in [2.75, 3.05) is 0 Å². The molecule has 1 fully saturated rings. The maximum Gasteiger partial charge on any atom is 0.0940 e. The Hall–Kier alpha value is -0.570. The van der Waals surface area contributed by atoms with E-state index in [0.717, 1.165) is 5.56 Å². The first-order chi connectivity index (χ1) is 8.66. The quantitative estimate of drug-likeness (QED) is 0.872. The van der Waals surface area contributed by atoms with Crippen LogP contribution in [-0.2, 0) is 0 Å². The summed E-state index contributed by atoms with van der Waals surface area (Å²) in [6.45, 7) is 2.05. The van der Waals surface area contributed by atoms with E-state index in [0.29, 0.717) is 11.1 Å². The molecular formula is C15H22ClNO. The molecule has 1 saturated carbocycles. The normalized spacial score (nSPS) is 20.6. The van der Waals surface area contributed by atoms with Crippen molar-refractivity contribution in [2.24, 2.45) is 0 Å². The van der Waals surface area contributed by atoms with Gasteiger partial charge in [-0.1, -0.05) is 43.0 Å². The molecule has 0 amide bonds. The average Bonchev–Trinajstić information content (AvgIpc) is 2.40. The first-order valence-corrected chi connectivity index (χ1v) is 7.24. The fraction of sp³-hybridized carbons (Fsp3) is 0.600. The predicted octanol–water partition coefficient (Wildman–Crippen LogP) is 3.68. The van der Waals surface area contributed by atoms with Crippen molar-refractivity contribution in [3.8, 4) is 0 Å². The fourth-order valence-electron chi connectivity index (χ4n) is 2.68. The van der Waals surface area contributed by atoms with Crippen LogP contribution in [0.1, 0.15) is 50.7 Å². The number of aliphatic hydroxyl groups excluding tert-OH is 1. The Bertz CT molecular complexity index is 359. The summed E-state index contributed by atoms with van der Waals surface area (Å²) in [5, 5.41) is 14.6. The molecule has 1 aliphatic carbocycles. The number of benzene rings is 1. The van der Waals surface area contributed by atoms with Crippen molar-refractivity contribution < 1.29 is 5.11 Å². The van der Waals surface area contributed by atoms with Crippen molar-refractivity contribution >= 4 is 11.6 Å². The topological polar surface area (TPSA) is 32.3 Å². The van der Waals surface area contributed by atoms with E-state index >= 15 is 0 Å². The van der Waals surface area contributed by atoms with Gasteiger partial charge in [-0.05, 0) is 37.5 Å². The van der Waals surface area contributed by atoms with Crippen LogP contribution in [0.25, 0.3) is 0 Å². The summed E-state index contributed by atoms with van der Waals surface area (Å²) in [6, 6.07) is 8.09. The molecule has 2 rings (SSSR count). The smallest absolute Gasteiger partial charge is 0.0940 e. The van der Waals surface area contributed by atoms with Gasteiger partial charge in [-0.15, -0.1) is 0 Å². The molecule has 100 valence electrons. The van der Waals surface area contributed by atoms with Crippen molar-refractivity contribution in [1.29, 1.82) is 0 Å². The number of nitrogens with one attached hydrogen (secondary N) is 1. The highest BCUT2D eigenvalue weighted by molar-refractivity contribution is 6.30. The van der Waals surface area contributed by atoms with E-state index in [-0.39, 0.29) is 6.04 Å². The lowest BCUT2D eigenvalue weighted by atomic mass is 9.94. The van der Waals surface area contributed by atoms with E-state index in [1.54, 1.807) is 0 Å². The van der Waals surface area contributed by atoms with Crippen LogP contribution in [0, 0.1) is 0 Å². The van der Waals surface area contributed by atoms with E-state index in [1.807, 2.05) is 31.2 Å². The summed E-state index contributed by atoms with van der Waals surface area (Å²) < 4.78 is 0. The van der Waals surface area contributed by atoms with Crippen LogP contribution in [0.3, 0.4) is 0 Å². The Balaban J connectivity index is 1.91. The van der Waals surface area contributed by atoms with Gasteiger partial charge in [0.25, 0.3) is 0 Å². The summed E-state index contributed by atoms with van der Waals surface area (Å²) >= 11 is 5.85. The second-order valence-corrected chi connectivity index (χ2v) is 5.72. The van der Waals surface area contributed by atoms with Crippen molar-refractivity contribution in [1.82, 2.24) is 5.32 Å². The lowest BCUT2D eigenvalue weighted by Gasteiger charge is -2.29. The number of halogens is 1. The van der Waals surface area contributed by atoms with Crippen LogP contribution < -0.4 is 5.32 Å². The largest absolute Gasteiger partial charge is 0.387 e. The first kappa shape index (κ1) is 13.9. The SMILES string of the molecule is CC(NC1CCCCC1)C(O)c1ccc(Cl)cc1. The molecule has 18 heavy (non-hydrogen) atoms. The lowest BCUT2D eigenvalue weighted by Crippen LogP contribution is -2.41. The summed E-state index contributed by atoms with van der Waals surface area (Å²) in [5.41, 5.74) is 0.926. The summed E-state index contributed by atoms with van der Waals surface area (Å²) in [4.78, 5) is 0. The first-order valence-electron chi connectivity index (χ1n) is 6.86. The highest BCUT2D eigenvalue weighted by atomic mass is 35.5. The molecule has 2 atom stereocenters. The van der Waals surface area contributed by atoms with Crippen LogP contribution in [0.5, 0.6) is 0 Å². The Labute approximate surface area is 114 Å². The maximum atomic E-state index is 10.3. The van der Waals surface area contributed by atoms with Crippen molar-refractivity contribution in [3.63, 3.8) is 0 Å². The molecule has 3 heteroatoms. The van der Waals surface area contributed by atoms with Crippen LogP contribution in [0.2, 0.25) is 5.02 Å². The monoisotopic (exact) mass is 267 g/mol. The third-order valence-electron chi connectivity index (χ3n) is 3.79. The molecule has 0 bridgehead atoms. The van der Waals surface area contributed by atoms with Gasteiger partial charge in [-0.2, -0.15) is 0 Å². The molecule has 0 radical (unpaired) electrons. The van der Waals surface area contributed by atoms with Gasteiger partial charge in [0.2, 0.25) is 0 Å². The van der Waals surface area contributed by atoms with Gasteiger partial charge in [0.05, 0.1) is 6.10 Å². The standard InChI is InChI=1S/C15H22ClNO/c1-11(17-14-5-3-2-4-6-14)15(18)12-7-9-13(16)10-8-12/h7-11,14-15,17-18H,2-6H2,1H3. The molecular weight excluding hydrogens is 246 g/mol. The zero-order valence-corrected chi connectivity index (χ0v) is 11.7. The average molecular weight is 268 g/mol. The molecule has 1 aromatic carbocycles. The van der Waals surface area contributed by atoms with Crippen molar-refractivity contribution in [3.05, 3.63) is 34.9 Å². The molecule has 1 aliphatic rings. The highest BCUT2D eigenvalue weighted by Gasteiger charge is 2.21. The molecule has 2 unspecified atom stereocenters. The zero-order chi connectivity index (χ0) is 13.0. The molecule has 2 N–H and O–H groups in total. The third-order valence-corrected chi connectivity index (χ3v) is 4.04. The van der Waals surface area contributed by atoms with E-state index in [2.05, 4.69) is 5.32 Å². The van der Waals surface area contributed by atoms with Crippen molar-refractivity contribution in [2.45, 2.75) is 57.2 Å². The minimum atomic E-state index is -0.468. The maximum absolute atomic E-state index is 10.3. The van der Waals surface area contributed by atoms with Gasteiger partial charge in [-0.3, -0.25) is 0 Å². The van der Waals surface area contributed by atoms with Gasteiger partial charge < -0.3 is 10.4 Å². The van der Waals surface area contributed by atoms with Crippen LogP contribution in [0.4, 0.5) is 0 Å². The summed E-state index contributed by atoms with van der Waals surface area (Å²) in [7, 11) is 0. The molecule has 2 nitrogen and oxygen atoms in total. The Kier molecular flexibility index (Phi) is 5.04. The van der Waals surface area contributed by atoms with E-state index in [1.165, 1.54) is 32.1 Å². The summed E-state index contributed by atoms with van der Waals surface area (Å²) in [5.74, 6) is 0. The second-order valence-electron chi connectivity index (χ2n) is 5.29. The second kappa shape index (κ2) is 6.55. The molecule has 0 aliphatic heterocycles. The van der Waals surface area contributed by atoms with Crippen LogP contribution in [0.15, 0.2) is 24.3 Å². The Morgan fingerprint density at radius 3 is 2.39 bits per heavy atom. The predicted molar refractivity (Wildman–Crippen MR) is 75.9 cm³/mol. The lowest BCUT2D eigenvalue weighted by molar-refractivity contribution is 0.125. The fourth-order valence-corrected chi connectivity index (χ4v) is 2.81. The highest BCUT2D eigenvalue weighted by Crippen LogP contribution is 2.22. The minimum Gasteiger partial charge on any atom is -0.387 e. The Morgan fingerprint density at radius 2 is 1.78 bits per heavy atom. The minimum absolute atomic E-state index is 0.0780. The molecule has 1 aromatic rings. The molecule has 0 heterocycles. The third kappa shape index (κ3) is 3.71. The number of hydrogen-bond acceptors (Lipinski definition) is 2. The van der Waals surface area contributed by atoms with Gasteiger partial charge >= 0.3 is 0 Å². The van der Waals surface area contributed by atoms with E-state index < -0.39 is 6.10 Å².